The second-order valence-corrected chi connectivity index (χ2v) is 6.70. The van der Waals surface area contributed by atoms with Gasteiger partial charge >= 0.3 is 0 Å². The van der Waals surface area contributed by atoms with Crippen molar-refractivity contribution in [3.05, 3.63) is 41.7 Å². The smallest absolute Gasteiger partial charge is 0.274 e. The molecule has 24 heavy (non-hydrogen) atoms. The maximum atomic E-state index is 12.4. The number of thioether (sulfide) groups is 1. The van der Waals surface area contributed by atoms with Crippen LogP contribution in [0.15, 0.2) is 35.5 Å². The zero-order chi connectivity index (χ0) is 16.9. The minimum atomic E-state index is -0.207. The number of carbonyl (C=O) groups excluding carboxylic acids is 1. The zero-order valence-electron chi connectivity index (χ0n) is 14.1. The highest BCUT2D eigenvalue weighted by Gasteiger charge is 2.13. The van der Waals surface area contributed by atoms with E-state index in [1.165, 1.54) is 36.7 Å². The van der Waals surface area contributed by atoms with Crippen molar-refractivity contribution in [1.29, 1.82) is 0 Å². The molecular weight excluding hydrogens is 320 g/mol. The van der Waals surface area contributed by atoms with Crippen molar-refractivity contribution < 1.29 is 4.79 Å². The van der Waals surface area contributed by atoms with E-state index < -0.39 is 0 Å². The van der Waals surface area contributed by atoms with Crippen molar-refractivity contribution >= 4 is 29.0 Å². The third-order valence-electron chi connectivity index (χ3n) is 4.10. The molecule has 126 valence electrons. The summed E-state index contributed by atoms with van der Waals surface area (Å²) >= 11 is 1.43. The maximum Gasteiger partial charge on any atom is 0.274 e. The Kier molecular flexibility index (Phi) is 5.35. The predicted octanol–water partition coefficient (Wildman–Crippen LogP) is 3.75. The van der Waals surface area contributed by atoms with Crippen LogP contribution in [-0.2, 0) is 0 Å². The van der Waals surface area contributed by atoms with Gasteiger partial charge in [0.1, 0.15) is 5.69 Å². The Morgan fingerprint density at radius 2 is 1.83 bits per heavy atom. The van der Waals surface area contributed by atoms with Gasteiger partial charge in [-0.2, -0.15) is 0 Å². The van der Waals surface area contributed by atoms with Gasteiger partial charge in [0.2, 0.25) is 0 Å². The molecule has 0 bridgehead atoms. The standard InChI is InChI=1S/C18H22N4OS/c1-13-12-16(21-18(19-13)24-2)17(23)20-14-6-8-15(9-7-14)22-10-4-3-5-11-22/h6-9,12H,3-5,10-11H2,1-2H3,(H,20,23). The van der Waals surface area contributed by atoms with E-state index >= 15 is 0 Å². The summed E-state index contributed by atoms with van der Waals surface area (Å²) in [5, 5.41) is 3.52. The number of nitrogens with one attached hydrogen (secondary N) is 1. The van der Waals surface area contributed by atoms with Crippen LogP contribution in [0.2, 0.25) is 0 Å². The van der Waals surface area contributed by atoms with Gasteiger partial charge in [-0.25, -0.2) is 9.97 Å². The number of hydrogen-bond acceptors (Lipinski definition) is 5. The van der Waals surface area contributed by atoms with Gasteiger partial charge in [0.25, 0.3) is 5.91 Å². The van der Waals surface area contributed by atoms with Gasteiger partial charge in [-0.1, -0.05) is 11.8 Å². The van der Waals surface area contributed by atoms with Crippen molar-refractivity contribution in [1.82, 2.24) is 9.97 Å². The Morgan fingerprint density at radius 1 is 1.12 bits per heavy atom. The van der Waals surface area contributed by atoms with Gasteiger partial charge in [0.15, 0.2) is 5.16 Å². The molecule has 2 aromatic rings. The number of hydrogen-bond donors (Lipinski definition) is 1. The quantitative estimate of drug-likeness (QED) is 0.677. The summed E-state index contributed by atoms with van der Waals surface area (Å²) < 4.78 is 0. The molecule has 0 aliphatic carbocycles. The Labute approximate surface area is 146 Å². The number of amides is 1. The van der Waals surface area contributed by atoms with E-state index in [0.717, 1.165) is 24.5 Å². The molecule has 0 spiro atoms. The molecular formula is C18H22N4OS. The van der Waals surface area contributed by atoms with Crippen molar-refractivity contribution in [2.24, 2.45) is 0 Å². The highest BCUT2D eigenvalue weighted by atomic mass is 32.2. The molecule has 1 aromatic heterocycles. The first-order chi connectivity index (χ1) is 11.7. The lowest BCUT2D eigenvalue weighted by Crippen LogP contribution is -2.29. The molecule has 3 rings (SSSR count). The van der Waals surface area contributed by atoms with Crippen molar-refractivity contribution in [3.63, 3.8) is 0 Å². The normalized spacial score (nSPS) is 14.5. The Bertz CT molecular complexity index is 711. The molecule has 1 aromatic carbocycles. The topological polar surface area (TPSA) is 58.1 Å². The predicted molar refractivity (Wildman–Crippen MR) is 99.0 cm³/mol. The van der Waals surface area contributed by atoms with Gasteiger partial charge in [0, 0.05) is 30.2 Å². The summed E-state index contributed by atoms with van der Waals surface area (Å²) in [6.07, 6.45) is 5.73. The van der Waals surface area contributed by atoms with E-state index in [9.17, 15) is 4.79 Å². The molecule has 1 fully saturated rings. The van der Waals surface area contributed by atoms with Gasteiger partial charge in [0.05, 0.1) is 0 Å². The van der Waals surface area contributed by atoms with Crippen molar-refractivity contribution in [2.75, 3.05) is 29.6 Å². The summed E-state index contributed by atoms with van der Waals surface area (Å²) in [6, 6.07) is 9.74. The Balaban J connectivity index is 1.69. The maximum absolute atomic E-state index is 12.4. The fraction of sp³-hybridized carbons (Fsp3) is 0.389. The van der Waals surface area contributed by atoms with Gasteiger partial charge in [-0.3, -0.25) is 4.79 Å². The van der Waals surface area contributed by atoms with E-state index in [-0.39, 0.29) is 5.91 Å². The second kappa shape index (κ2) is 7.66. The zero-order valence-corrected chi connectivity index (χ0v) is 14.9. The molecule has 1 saturated heterocycles. The summed E-state index contributed by atoms with van der Waals surface area (Å²) in [4.78, 5) is 23.3. The van der Waals surface area contributed by atoms with E-state index in [2.05, 4.69) is 32.3 Å². The number of anilines is 2. The van der Waals surface area contributed by atoms with Crippen LogP contribution in [0.3, 0.4) is 0 Å². The molecule has 6 heteroatoms. The minimum Gasteiger partial charge on any atom is -0.372 e. The van der Waals surface area contributed by atoms with Crippen LogP contribution < -0.4 is 10.2 Å². The number of aromatic nitrogens is 2. The minimum absolute atomic E-state index is 0.207. The average molecular weight is 342 g/mol. The average Bonchev–Trinajstić information content (AvgIpc) is 2.62. The molecule has 0 saturated carbocycles. The first-order valence-electron chi connectivity index (χ1n) is 8.22. The van der Waals surface area contributed by atoms with Crippen molar-refractivity contribution in [3.8, 4) is 0 Å². The number of aryl methyl sites for hydroxylation is 1. The van der Waals surface area contributed by atoms with E-state index in [1.807, 2.05) is 25.3 Å². The molecule has 1 aliphatic rings. The van der Waals surface area contributed by atoms with Crippen LogP contribution in [0.4, 0.5) is 11.4 Å². The molecule has 1 amide bonds. The van der Waals surface area contributed by atoms with Crippen LogP contribution in [0.1, 0.15) is 35.4 Å². The van der Waals surface area contributed by atoms with E-state index in [1.54, 1.807) is 6.07 Å². The van der Waals surface area contributed by atoms with Crippen molar-refractivity contribution in [2.45, 2.75) is 31.3 Å². The SMILES string of the molecule is CSc1nc(C)cc(C(=O)Nc2ccc(N3CCCCC3)cc2)n1. The summed E-state index contributed by atoms with van der Waals surface area (Å²) in [5.74, 6) is -0.207. The number of benzene rings is 1. The fourth-order valence-electron chi connectivity index (χ4n) is 2.85. The molecule has 2 heterocycles. The van der Waals surface area contributed by atoms with Gasteiger partial charge in [-0.15, -0.1) is 0 Å². The third kappa shape index (κ3) is 4.06. The lowest BCUT2D eigenvalue weighted by atomic mass is 10.1. The van der Waals surface area contributed by atoms with Crippen LogP contribution in [0.5, 0.6) is 0 Å². The monoisotopic (exact) mass is 342 g/mol. The molecule has 0 radical (unpaired) electrons. The number of piperidine rings is 1. The first kappa shape index (κ1) is 16.8. The van der Waals surface area contributed by atoms with E-state index in [4.69, 9.17) is 0 Å². The third-order valence-corrected chi connectivity index (χ3v) is 4.64. The summed E-state index contributed by atoms with van der Waals surface area (Å²) in [5.41, 5.74) is 3.19. The molecule has 1 N–H and O–H groups in total. The molecule has 0 atom stereocenters. The summed E-state index contributed by atoms with van der Waals surface area (Å²) in [6.45, 7) is 4.10. The molecule has 1 aliphatic heterocycles. The summed E-state index contributed by atoms with van der Waals surface area (Å²) in [7, 11) is 0. The number of carbonyl (C=O) groups is 1. The van der Waals surface area contributed by atoms with E-state index in [0.29, 0.717) is 10.9 Å². The Morgan fingerprint density at radius 3 is 2.50 bits per heavy atom. The fourth-order valence-corrected chi connectivity index (χ4v) is 3.28. The molecule has 0 unspecified atom stereocenters. The van der Waals surface area contributed by atoms with Gasteiger partial charge < -0.3 is 10.2 Å². The number of rotatable bonds is 4. The van der Waals surface area contributed by atoms with Gasteiger partial charge in [-0.05, 0) is 62.8 Å². The lowest BCUT2D eigenvalue weighted by molar-refractivity contribution is 0.102. The lowest BCUT2D eigenvalue weighted by Gasteiger charge is -2.28. The largest absolute Gasteiger partial charge is 0.372 e. The molecule has 5 nitrogen and oxygen atoms in total. The first-order valence-corrected chi connectivity index (χ1v) is 9.44. The van der Waals surface area contributed by atoms with Crippen LogP contribution >= 0.6 is 11.8 Å². The highest BCUT2D eigenvalue weighted by molar-refractivity contribution is 7.98. The Hall–Kier alpha value is -2.08. The second-order valence-electron chi connectivity index (χ2n) is 5.93. The van der Waals surface area contributed by atoms with Crippen LogP contribution in [0, 0.1) is 6.92 Å². The number of nitrogens with zero attached hydrogens (tertiary/aromatic N) is 3. The van der Waals surface area contributed by atoms with Crippen LogP contribution in [-0.4, -0.2) is 35.2 Å². The highest BCUT2D eigenvalue weighted by Crippen LogP contribution is 2.22. The van der Waals surface area contributed by atoms with Crippen LogP contribution in [0.25, 0.3) is 0 Å².